The van der Waals surface area contributed by atoms with Gasteiger partial charge in [0, 0.05) is 18.8 Å². The zero-order valence-electron chi connectivity index (χ0n) is 11.3. The molecule has 0 spiro atoms. The third-order valence-electron chi connectivity index (χ3n) is 4.14. The van der Waals surface area contributed by atoms with E-state index in [1.165, 1.54) is 36.9 Å². The van der Waals surface area contributed by atoms with Gasteiger partial charge in [0.1, 0.15) is 0 Å². The van der Waals surface area contributed by atoms with Crippen LogP contribution in [0, 0.1) is 12.3 Å². The Morgan fingerprint density at radius 2 is 2.24 bits per heavy atom. The fourth-order valence-electron chi connectivity index (χ4n) is 2.80. The molecule has 1 aromatic heterocycles. The molecule has 0 aromatic carbocycles. The van der Waals surface area contributed by atoms with E-state index in [-0.39, 0.29) is 0 Å². The van der Waals surface area contributed by atoms with Crippen LogP contribution in [-0.4, -0.2) is 11.0 Å². The Hall–Kier alpha value is -0.890. The predicted molar refractivity (Wildman–Crippen MR) is 71.9 cm³/mol. The Labute approximate surface area is 105 Å². The molecule has 0 amide bonds. The third kappa shape index (κ3) is 3.06. The number of rotatable bonds is 3. The van der Waals surface area contributed by atoms with Crippen molar-refractivity contribution >= 4 is 0 Å². The van der Waals surface area contributed by atoms with Crippen LogP contribution in [0.25, 0.3) is 0 Å². The molecule has 0 bridgehead atoms. The number of nitrogens with one attached hydrogen (secondary N) is 1. The Bertz CT molecular complexity index is 371. The van der Waals surface area contributed by atoms with Gasteiger partial charge < -0.3 is 5.32 Å². The fraction of sp³-hybridized carbons (Fsp3) is 0.667. The number of nitrogens with zero attached hydrogens (tertiary/aromatic N) is 1. The van der Waals surface area contributed by atoms with Gasteiger partial charge >= 0.3 is 0 Å². The second-order valence-corrected chi connectivity index (χ2v) is 5.93. The maximum atomic E-state index is 4.45. The van der Waals surface area contributed by atoms with Crippen molar-refractivity contribution in [3.63, 3.8) is 0 Å². The second kappa shape index (κ2) is 5.18. The Morgan fingerprint density at radius 1 is 1.41 bits per heavy atom. The Kier molecular flexibility index (Phi) is 3.82. The monoisotopic (exact) mass is 232 g/mol. The largest absolute Gasteiger partial charge is 0.308 e. The van der Waals surface area contributed by atoms with Crippen molar-refractivity contribution in [3.05, 3.63) is 29.6 Å². The topological polar surface area (TPSA) is 24.9 Å². The lowest BCUT2D eigenvalue weighted by atomic mass is 9.73. The molecule has 1 heterocycles. The van der Waals surface area contributed by atoms with Crippen molar-refractivity contribution < 1.29 is 0 Å². The first kappa shape index (κ1) is 12.6. The first-order valence-corrected chi connectivity index (χ1v) is 6.73. The standard InChI is InChI=1S/C15H24N2/c1-12-7-6-10-16-13(12)11-17-14-8-4-5-9-15(14,2)3/h6-7,10,14,17H,4-5,8-9,11H2,1-3H3. The molecule has 2 nitrogen and oxygen atoms in total. The van der Waals surface area contributed by atoms with Gasteiger partial charge in [0.2, 0.25) is 0 Å². The molecule has 1 aliphatic carbocycles. The minimum atomic E-state index is 0.431. The SMILES string of the molecule is Cc1cccnc1CNC1CCCCC1(C)C. The summed E-state index contributed by atoms with van der Waals surface area (Å²) in [5.41, 5.74) is 2.91. The lowest BCUT2D eigenvalue weighted by Gasteiger charge is -2.39. The highest BCUT2D eigenvalue weighted by molar-refractivity contribution is 5.17. The van der Waals surface area contributed by atoms with E-state index in [2.05, 4.69) is 37.1 Å². The number of pyridine rings is 1. The molecule has 1 N–H and O–H groups in total. The summed E-state index contributed by atoms with van der Waals surface area (Å²) in [5.74, 6) is 0. The van der Waals surface area contributed by atoms with E-state index < -0.39 is 0 Å². The van der Waals surface area contributed by atoms with E-state index in [9.17, 15) is 0 Å². The van der Waals surface area contributed by atoms with Crippen molar-refractivity contribution in [1.82, 2.24) is 10.3 Å². The molecule has 1 saturated carbocycles. The molecule has 1 unspecified atom stereocenters. The highest BCUT2D eigenvalue weighted by atomic mass is 14.9. The molecule has 94 valence electrons. The third-order valence-corrected chi connectivity index (χ3v) is 4.14. The van der Waals surface area contributed by atoms with E-state index in [1.807, 2.05) is 12.3 Å². The van der Waals surface area contributed by atoms with Gasteiger partial charge in [-0.05, 0) is 36.8 Å². The highest BCUT2D eigenvalue weighted by Gasteiger charge is 2.31. The van der Waals surface area contributed by atoms with Crippen LogP contribution in [0.5, 0.6) is 0 Å². The minimum absolute atomic E-state index is 0.431. The molecule has 0 aliphatic heterocycles. The van der Waals surface area contributed by atoms with Crippen LogP contribution in [-0.2, 0) is 6.54 Å². The molecule has 1 aliphatic rings. The van der Waals surface area contributed by atoms with E-state index in [0.29, 0.717) is 11.5 Å². The van der Waals surface area contributed by atoms with Gasteiger partial charge in [0.15, 0.2) is 0 Å². The van der Waals surface area contributed by atoms with Crippen molar-refractivity contribution in [2.75, 3.05) is 0 Å². The zero-order valence-corrected chi connectivity index (χ0v) is 11.3. The summed E-state index contributed by atoms with van der Waals surface area (Å²) in [5, 5.41) is 3.71. The summed E-state index contributed by atoms with van der Waals surface area (Å²) in [7, 11) is 0. The molecular weight excluding hydrogens is 208 g/mol. The van der Waals surface area contributed by atoms with Crippen LogP contribution < -0.4 is 5.32 Å². The lowest BCUT2D eigenvalue weighted by molar-refractivity contribution is 0.166. The molecule has 2 heteroatoms. The summed E-state index contributed by atoms with van der Waals surface area (Å²) in [6.07, 6.45) is 7.27. The van der Waals surface area contributed by atoms with Gasteiger partial charge in [0.25, 0.3) is 0 Å². The van der Waals surface area contributed by atoms with Crippen LogP contribution in [0.2, 0.25) is 0 Å². The van der Waals surface area contributed by atoms with Gasteiger partial charge in [-0.2, -0.15) is 0 Å². The van der Waals surface area contributed by atoms with Gasteiger partial charge in [-0.1, -0.05) is 32.8 Å². The van der Waals surface area contributed by atoms with Crippen LogP contribution in [0.4, 0.5) is 0 Å². The number of hydrogen-bond acceptors (Lipinski definition) is 2. The van der Waals surface area contributed by atoms with Crippen molar-refractivity contribution in [2.45, 2.75) is 59.0 Å². The maximum absolute atomic E-state index is 4.45. The fourth-order valence-corrected chi connectivity index (χ4v) is 2.80. The van der Waals surface area contributed by atoms with Crippen molar-refractivity contribution in [2.24, 2.45) is 5.41 Å². The first-order valence-electron chi connectivity index (χ1n) is 6.73. The molecule has 2 rings (SSSR count). The summed E-state index contributed by atoms with van der Waals surface area (Å²) in [4.78, 5) is 4.45. The molecule has 1 fully saturated rings. The van der Waals surface area contributed by atoms with Crippen LogP contribution in [0.3, 0.4) is 0 Å². The normalized spacial score (nSPS) is 23.6. The van der Waals surface area contributed by atoms with E-state index in [1.54, 1.807) is 0 Å². The molecule has 1 aromatic rings. The minimum Gasteiger partial charge on any atom is -0.308 e. The van der Waals surface area contributed by atoms with Gasteiger partial charge in [-0.25, -0.2) is 0 Å². The summed E-state index contributed by atoms with van der Waals surface area (Å²) in [6, 6.07) is 4.78. The van der Waals surface area contributed by atoms with Gasteiger partial charge in [0.05, 0.1) is 5.69 Å². The average molecular weight is 232 g/mol. The van der Waals surface area contributed by atoms with Crippen LogP contribution in [0.15, 0.2) is 18.3 Å². The summed E-state index contributed by atoms with van der Waals surface area (Å²) < 4.78 is 0. The van der Waals surface area contributed by atoms with E-state index in [4.69, 9.17) is 0 Å². The molecule has 0 radical (unpaired) electrons. The lowest BCUT2D eigenvalue weighted by Crippen LogP contribution is -2.43. The number of aryl methyl sites for hydroxylation is 1. The van der Waals surface area contributed by atoms with Gasteiger partial charge in [-0.15, -0.1) is 0 Å². The van der Waals surface area contributed by atoms with E-state index in [0.717, 1.165) is 6.54 Å². The number of aromatic nitrogens is 1. The highest BCUT2D eigenvalue weighted by Crippen LogP contribution is 2.35. The Balaban J connectivity index is 1.96. The summed E-state index contributed by atoms with van der Waals surface area (Å²) in [6.45, 7) is 7.81. The first-order chi connectivity index (χ1) is 8.09. The average Bonchev–Trinajstić information content (AvgIpc) is 2.29. The van der Waals surface area contributed by atoms with E-state index >= 15 is 0 Å². The zero-order chi connectivity index (χ0) is 12.3. The molecule has 17 heavy (non-hydrogen) atoms. The predicted octanol–water partition coefficient (Wildman–Crippen LogP) is 3.45. The van der Waals surface area contributed by atoms with Crippen molar-refractivity contribution in [1.29, 1.82) is 0 Å². The Morgan fingerprint density at radius 3 is 2.94 bits per heavy atom. The van der Waals surface area contributed by atoms with Crippen LogP contribution in [0.1, 0.15) is 50.8 Å². The smallest absolute Gasteiger partial charge is 0.0570 e. The van der Waals surface area contributed by atoms with Crippen molar-refractivity contribution in [3.8, 4) is 0 Å². The molecule has 1 atom stereocenters. The van der Waals surface area contributed by atoms with Crippen LogP contribution >= 0.6 is 0 Å². The molecule has 0 saturated heterocycles. The number of hydrogen-bond donors (Lipinski definition) is 1. The molecular formula is C15H24N2. The quantitative estimate of drug-likeness (QED) is 0.863. The second-order valence-electron chi connectivity index (χ2n) is 5.93. The maximum Gasteiger partial charge on any atom is 0.0570 e. The summed E-state index contributed by atoms with van der Waals surface area (Å²) >= 11 is 0. The van der Waals surface area contributed by atoms with Gasteiger partial charge in [-0.3, -0.25) is 4.98 Å².